The summed E-state index contributed by atoms with van der Waals surface area (Å²) in [6, 6.07) is 11.5. The Hall–Kier alpha value is -2.61. The molecule has 150 valence electrons. The molecule has 2 aromatic rings. The summed E-state index contributed by atoms with van der Waals surface area (Å²) in [6.45, 7) is 3.56. The van der Waals surface area contributed by atoms with Crippen LogP contribution in [0.3, 0.4) is 0 Å². The molecule has 0 saturated carbocycles. The summed E-state index contributed by atoms with van der Waals surface area (Å²) in [5, 5.41) is 2.76. The van der Waals surface area contributed by atoms with Crippen LogP contribution in [0.2, 0.25) is 0 Å². The number of halogens is 1. The van der Waals surface area contributed by atoms with Crippen LogP contribution in [0.1, 0.15) is 19.8 Å². The van der Waals surface area contributed by atoms with E-state index in [0.717, 1.165) is 41.5 Å². The first kappa shape index (κ1) is 20.1. The zero-order chi connectivity index (χ0) is 20.3. The Labute approximate surface area is 165 Å². The van der Waals surface area contributed by atoms with Crippen LogP contribution in [0.4, 0.5) is 21.5 Å². The molecule has 0 radical (unpaired) electrons. The first-order valence-electron chi connectivity index (χ1n) is 9.16. The fraction of sp³-hybridized carbons (Fsp3) is 0.350. The lowest BCUT2D eigenvalue weighted by Crippen LogP contribution is -2.45. The van der Waals surface area contributed by atoms with Crippen LogP contribution < -0.4 is 14.5 Å². The Kier molecular flexibility index (Phi) is 5.88. The molecular formula is C20H24FN3O3S. The number of amides is 1. The predicted octanol–water partition coefficient (Wildman–Crippen LogP) is 3.22. The van der Waals surface area contributed by atoms with Crippen LogP contribution in [0, 0.1) is 5.82 Å². The molecule has 1 aliphatic heterocycles. The van der Waals surface area contributed by atoms with E-state index in [1.807, 2.05) is 12.1 Å². The molecule has 28 heavy (non-hydrogen) atoms. The van der Waals surface area contributed by atoms with Gasteiger partial charge in [0.05, 0.1) is 11.9 Å². The number of carbonyl (C=O) groups is 1. The van der Waals surface area contributed by atoms with Crippen molar-refractivity contribution >= 4 is 33.0 Å². The number of rotatable bonds is 6. The number of hydrogen-bond donors (Lipinski definition) is 1. The normalized spacial score (nSPS) is 15.3. The molecule has 1 unspecified atom stereocenters. The highest BCUT2D eigenvalue weighted by Gasteiger charge is 2.29. The Bertz CT molecular complexity index is 924. The summed E-state index contributed by atoms with van der Waals surface area (Å²) in [4.78, 5) is 15.0. The van der Waals surface area contributed by atoms with Crippen molar-refractivity contribution in [3.05, 3.63) is 54.3 Å². The molecule has 1 fully saturated rings. The van der Waals surface area contributed by atoms with E-state index in [1.54, 1.807) is 12.1 Å². The second-order valence-corrected chi connectivity index (χ2v) is 8.80. The van der Waals surface area contributed by atoms with Gasteiger partial charge in [0.25, 0.3) is 0 Å². The lowest BCUT2D eigenvalue weighted by atomic mass is 10.2. The molecule has 1 N–H and O–H groups in total. The van der Waals surface area contributed by atoms with Crippen molar-refractivity contribution in [1.29, 1.82) is 0 Å². The van der Waals surface area contributed by atoms with Gasteiger partial charge >= 0.3 is 0 Å². The summed E-state index contributed by atoms with van der Waals surface area (Å²) < 4.78 is 38.7. The van der Waals surface area contributed by atoms with Gasteiger partial charge in [0.15, 0.2) is 0 Å². The summed E-state index contributed by atoms with van der Waals surface area (Å²) in [5.41, 5.74) is 1.93. The highest BCUT2D eigenvalue weighted by atomic mass is 32.2. The SMILES string of the molecule is CC(C(=O)Nc1ccc(N2CCCC2)cc1)N(c1ccc(F)cc1)S(C)(=O)=O. The third kappa shape index (κ3) is 4.62. The maximum absolute atomic E-state index is 13.2. The first-order valence-corrected chi connectivity index (χ1v) is 11.0. The molecule has 1 saturated heterocycles. The molecule has 0 aliphatic carbocycles. The van der Waals surface area contributed by atoms with Crippen LogP contribution in [0.25, 0.3) is 0 Å². The highest BCUT2D eigenvalue weighted by molar-refractivity contribution is 7.92. The van der Waals surface area contributed by atoms with E-state index in [4.69, 9.17) is 0 Å². The lowest BCUT2D eigenvalue weighted by molar-refractivity contribution is -0.116. The lowest BCUT2D eigenvalue weighted by Gasteiger charge is -2.28. The van der Waals surface area contributed by atoms with Crippen molar-refractivity contribution in [1.82, 2.24) is 0 Å². The van der Waals surface area contributed by atoms with Gasteiger partial charge in [0.2, 0.25) is 15.9 Å². The molecule has 6 nitrogen and oxygen atoms in total. The van der Waals surface area contributed by atoms with E-state index in [2.05, 4.69) is 10.2 Å². The summed E-state index contributed by atoms with van der Waals surface area (Å²) >= 11 is 0. The van der Waals surface area contributed by atoms with Crippen LogP contribution in [-0.2, 0) is 14.8 Å². The summed E-state index contributed by atoms with van der Waals surface area (Å²) in [5.74, 6) is -0.948. The van der Waals surface area contributed by atoms with Crippen molar-refractivity contribution < 1.29 is 17.6 Å². The number of nitrogens with one attached hydrogen (secondary N) is 1. The number of benzene rings is 2. The van der Waals surface area contributed by atoms with E-state index < -0.39 is 27.8 Å². The number of carbonyl (C=O) groups excluding carboxylic acids is 1. The average molecular weight is 405 g/mol. The Balaban J connectivity index is 1.75. The molecule has 3 rings (SSSR count). The Morgan fingerprint density at radius 2 is 1.64 bits per heavy atom. The number of sulfonamides is 1. The van der Waals surface area contributed by atoms with Crippen LogP contribution in [-0.4, -0.2) is 39.7 Å². The van der Waals surface area contributed by atoms with Crippen molar-refractivity contribution in [3.8, 4) is 0 Å². The van der Waals surface area contributed by atoms with Crippen molar-refractivity contribution in [2.45, 2.75) is 25.8 Å². The molecule has 1 aliphatic rings. The molecule has 1 atom stereocenters. The number of hydrogen-bond acceptors (Lipinski definition) is 4. The minimum Gasteiger partial charge on any atom is -0.372 e. The van der Waals surface area contributed by atoms with Gasteiger partial charge in [0.1, 0.15) is 11.9 Å². The molecule has 0 spiro atoms. The van der Waals surface area contributed by atoms with Crippen molar-refractivity contribution in [3.63, 3.8) is 0 Å². The van der Waals surface area contributed by atoms with E-state index in [0.29, 0.717) is 5.69 Å². The van der Waals surface area contributed by atoms with Crippen LogP contribution >= 0.6 is 0 Å². The quantitative estimate of drug-likeness (QED) is 0.801. The maximum Gasteiger partial charge on any atom is 0.247 e. The second kappa shape index (κ2) is 8.18. The topological polar surface area (TPSA) is 69.7 Å². The van der Waals surface area contributed by atoms with Crippen LogP contribution in [0.5, 0.6) is 0 Å². The van der Waals surface area contributed by atoms with Gasteiger partial charge in [0, 0.05) is 24.5 Å². The molecule has 0 bridgehead atoms. The molecule has 2 aromatic carbocycles. The zero-order valence-electron chi connectivity index (χ0n) is 15.9. The second-order valence-electron chi connectivity index (χ2n) is 6.94. The number of nitrogens with zero attached hydrogens (tertiary/aromatic N) is 2. The monoisotopic (exact) mass is 405 g/mol. The van der Waals surface area contributed by atoms with Gasteiger partial charge < -0.3 is 10.2 Å². The van der Waals surface area contributed by atoms with Gasteiger partial charge in [-0.15, -0.1) is 0 Å². The standard InChI is InChI=1S/C20H24FN3O3S/c1-15(24(28(2,26)27)19-9-5-16(21)6-10-19)20(25)22-17-7-11-18(12-8-17)23-13-3-4-14-23/h5-12,15H,3-4,13-14H2,1-2H3,(H,22,25). The largest absolute Gasteiger partial charge is 0.372 e. The zero-order valence-corrected chi connectivity index (χ0v) is 16.7. The maximum atomic E-state index is 13.2. The molecule has 1 heterocycles. The summed E-state index contributed by atoms with van der Waals surface area (Å²) in [6.07, 6.45) is 3.38. The third-order valence-corrected chi connectivity index (χ3v) is 6.02. The Morgan fingerprint density at radius 1 is 1.07 bits per heavy atom. The summed E-state index contributed by atoms with van der Waals surface area (Å²) in [7, 11) is -3.74. The fourth-order valence-electron chi connectivity index (χ4n) is 3.37. The van der Waals surface area contributed by atoms with Gasteiger partial charge in [-0.1, -0.05) is 0 Å². The minimum absolute atomic E-state index is 0.232. The molecular weight excluding hydrogens is 381 g/mol. The van der Waals surface area contributed by atoms with Gasteiger partial charge in [-0.25, -0.2) is 12.8 Å². The molecule has 1 amide bonds. The van der Waals surface area contributed by atoms with E-state index in [9.17, 15) is 17.6 Å². The molecule has 8 heteroatoms. The van der Waals surface area contributed by atoms with E-state index in [-0.39, 0.29) is 5.69 Å². The van der Waals surface area contributed by atoms with Crippen molar-refractivity contribution in [2.24, 2.45) is 0 Å². The highest BCUT2D eigenvalue weighted by Crippen LogP contribution is 2.24. The van der Waals surface area contributed by atoms with E-state index >= 15 is 0 Å². The van der Waals surface area contributed by atoms with Crippen LogP contribution in [0.15, 0.2) is 48.5 Å². The first-order chi connectivity index (χ1) is 13.3. The Morgan fingerprint density at radius 3 is 2.18 bits per heavy atom. The average Bonchev–Trinajstić information content (AvgIpc) is 3.17. The van der Waals surface area contributed by atoms with Gasteiger partial charge in [-0.2, -0.15) is 0 Å². The van der Waals surface area contributed by atoms with E-state index in [1.165, 1.54) is 31.9 Å². The van der Waals surface area contributed by atoms with Crippen molar-refractivity contribution in [2.75, 3.05) is 33.9 Å². The minimum atomic E-state index is -3.74. The molecule has 0 aromatic heterocycles. The smallest absolute Gasteiger partial charge is 0.247 e. The predicted molar refractivity (Wildman–Crippen MR) is 110 cm³/mol. The number of anilines is 3. The fourth-order valence-corrected chi connectivity index (χ4v) is 4.55. The van der Waals surface area contributed by atoms with Gasteiger partial charge in [-0.3, -0.25) is 9.10 Å². The van der Waals surface area contributed by atoms with Gasteiger partial charge in [-0.05, 0) is 68.3 Å². The third-order valence-electron chi connectivity index (χ3n) is 4.78.